The lowest BCUT2D eigenvalue weighted by Gasteiger charge is -2.05. The van der Waals surface area contributed by atoms with Gasteiger partial charge in [0.15, 0.2) is 0 Å². The number of thioether (sulfide) groups is 1. The molecule has 1 amide bonds. The van der Waals surface area contributed by atoms with Gasteiger partial charge >= 0.3 is 0 Å². The van der Waals surface area contributed by atoms with Crippen molar-refractivity contribution in [2.24, 2.45) is 5.10 Å². The summed E-state index contributed by atoms with van der Waals surface area (Å²) in [5, 5.41) is 4.64. The van der Waals surface area contributed by atoms with Crippen molar-refractivity contribution < 1.29 is 9.53 Å². The monoisotopic (exact) mass is 426 g/mol. The molecule has 7 heteroatoms. The van der Waals surface area contributed by atoms with Gasteiger partial charge in [-0.2, -0.15) is 5.10 Å². The molecule has 0 unspecified atom stereocenters. The van der Waals surface area contributed by atoms with E-state index in [4.69, 9.17) is 16.3 Å². The van der Waals surface area contributed by atoms with E-state index in [1.165, 1.54) is 11.8 Å². The Balaban J connectivity index is 1.81. The summed E-state index contributed by atoms with van der Waals surface area (Å²) in [6.45, 7) is 2.53. The standard InChI is InChI=1S/C17H16BrClN2O2S/c1-2-23-16-8-3-12(9-15(16)18)10-20-21-17(22)11-24-14-6-4-13(19)5-7-14/h3-10H,2,11H2,1H3,(H,21,22)/b20-10-. The summed E-state index contributed by atoms with van der Waals surface area (Å²) in [6.07, 6.45) is 1.59. The number of nitrogens with one attached hydrogen (secondary N) is 1. The van der Waals surface area contributed by atoms with Crippen molar-refractivity contribution in [1.29, 1.82) is 0 Å². The highest BCUT2D eigenvalue weighted by molar-refractivity contribution is 9.10. The van der Waals surface area contributed by atoms with Gasteiger partial charge in [-0.15, -0.1) is 11.8 Å². The molecule has 0 aromatic heterocycles. The van der Waals surface area contributed by atoms with Crippen LogP contribution >= 0.6 is 39.3 Å². The Morgan fingerprint density at radius 2 is 2.08 bits per heavy atom. The number of hydrogen-bond acceptors (Lipinski definition) is 4. The van der Waals surface area contributed by atoms with E-state index in [0.29, 0.717) is 11.6 Å². The second-order valence-corrected chi connectivity index (χ2v) is 7.00. The molecule has 126 valence electrons. The third-order valence-electron chi connectivity index (χ3n) is 2.84. The highest BCUT2D eigenvalue weighted by atomic mass is 79.9. The van der Waals surface area contributed by atoms with E-state index in [9.17, 15) is 4.79 Å². The lowest BCUT2D eigenvalue weighted by molar-refractivity contribution is -0.118. The van der Waals surface area contributed by atoms with Crippen molar-refractivity contribution in [1.82, 2.24) is 5.43 Å². The fourth-order valence-electron chi connectivity index (χ4n) is 1.76. The van der Waals surface area contributed by atoms with Crippen molar-refractivity contribution in [3.63, 3.8) is 0 Å². The normalized spacial score (nSPS) is 10.8. The molecule has 1 N–H and O–H groups in total. The molecule has 24 heavy (non-hydrogen) atoms. The van der Waals surface area contributed by atoms with Gasteiger partial charge in [0.2, 0.25) is 5.91 Å². The second-order valence-electron chi connectivity index (χ2n) is 4.66. The molecule has 0 aliphatic rings. The molecular weight excluding hydrogens is 412 g/mol. The summed E-state index contributed by atoms with van der Waals surface area (Å²) < 4.78 is 6.29. The van der Waals surface area contributed by atoms with Crippen LogP contribution in [0.2, 0.25) is 5.02 Å². The predicted molar refractivity (Wildman–Crippen MR) is 103 cm³/mol. The van der Waals surface area contributed by atoms with Crippen molar-refractivity contribution in [2.75, 3.05) is 12.4 Å². The molecule has 2 aromatic carbocycles. The molecule has 0 saturated heterocycles. The van der Waals surface area contributed by atoms with Crippen molar-refractivity contribution in [3.05, 3.63) is 57.5 Å². The first-order chi connectivity index (χ1) is 11.6. The maximum Gasteiger partial charge on any atom is 0.250 e. The molecule has 0 radical (unpaired) electrons. The lowest BCUT2D eigenvalue weighted by Crippen LogP contribution is -2.19. The minimum absolute atomic E-state index is 0.170. The highest BCUT2D eigenvalue weighted by Crippen LogP contribution is 2.25. The van der Waals surface area contributed by atoms with Gasteiger partial charge in [0.05, 0.1) is 23.0 Å². The molecule has 2 aromatic rings. The van der Waals surface area contributed by atoms with Crippen LogP contribution in [0.5, 0.6) is 5.75 Å². The van der Waals surface area contributed by atoms with Crippen LogP contribution in [0.3, 0.4) is 0 Å². The van der Waals surface area contributed by atoms with Crippen LogP contribution in [0.1, 0.15) is 12.5 Å². The highest BCUT2D eigenvalue weighted by Gasteiger charge is 2.03. The minimum Gasteiger partial charge on any atom is -0.493 e. The van der Waals surface area contributed by atoms with E-state index in [-0.39, 0.29) is 11.7 Å². The van der Waals surface area contributed by atoms with Crippen molar-refractivity contribution in [3.8, 4) is 5.75 Å². The van der Waals surface area contributed by atoms with Gasteiger partial charge < -0.3 is 4.74 Å². The maximum atomic E-state index is 11.8. The summed E-state index contributed by atoms with van der Waals surface area (Å²) in [5.74, 6) is 0.889. The first kappa shape index (κ1) is 18.8. The number of nitrogens with zero attached hydrogens (tertiary/aromatic N) is 1. The van der Waals surface area contributed by atoms with Crippen LogP contribution in [0, 0.1) is 0 Å². The zero-order chi connectivity index (χ0) is 17.4. The number of halogens is 2. The number of hydrogen-bond donors (Lipinski definition) is 1. The first-order valence-corrected chi connectivity index (χ1v) is 9.36. The summed E-state index contributed by atoms with van der Waals surface area (Å²) in [4.78, 5) is 12.8. The number of amides is 1. The van der Waals surface area contributed by atoms with E-state index in [2.05, 4.69) is 26.5 Å². The molecule has 0 aliphatic heterocycles. The van der Waals surface area contributed by atoms with Crippen LogP contribution in [-0.4, -0.2) is 24.5 Å². The molecule has 0 fully saturated rings. The summed E-state index contributed by atoms with van der Waals surface area (Å²) in [6, 6.07) is 12.9. The molecule has 0 atom stereocenters. The van der Waals surface area contributed by atoms with E-state index in [0.717, 1.165) is 20.7 Å². The van der Waals surface area contributed by atoms with Gasteiger partial charge in [0.25, 0.3) is 0 Å². The Labute approximate surface area is 158 Å². The van der Waals surface area contributed by atoms with E-state index in [1.807, 2.05) is 37.3 Å². The zero-order valence-electron chi connectivity index (χ0n) is 13.0. The van der Waals surface area contributed by atoms with Crippen molar-refractivity contribution >= 4 is 51.4 Å². The van der Waals surface area contributed by atoms with Crippen LogP contribution in [0.15, 0.2) is 56.9 Å². The second kappa shape index (κ2) is 9.71. The Morgan fingerprint density at radius 3 is 2.75 bits per heavy atom. The summed E-state index contributed by atoms with van der Waals surface area (Å²) in [7, 11) is 0. The number of rotatable bonds is 7. The van der Waals surface area contributed by atoms with Gasteiger partial charge in [0, 0.05) is 9.92 Å². The summed E-state index contributed by atoms with van der Waals surface area (Å²) in [5.41, 5.74) is 3.37. The Kier molecular flexibility index (Phi) is 7.62. The molecule has 0 bridgehead atoms. The van der Waals surface area contributed by atoms with Crippen LogP contribution in [-0.2, 0) is 4.79 Å². The van der Waals surface area contributed by atoms with E-state index >= 15 is 0 Å². The Hall–Kier alpha value is -1.50. The van der Waals surface area contributed by atoms with Gasteiger partial charge in [0.1, 0.15) is 5.75 Å². The van der Waals surface area contributed by atoms with E-state index in [1.54, 1.807) is 18.3 Å². The lowest BCUT2D eigenvalue weighted by atomic mass is 10.2. The molecule has 0 aliphatic carbocycles. The molecule has 0 heterocycles. The maximum absolute atomic E-state index is 11.8. The molecular formula is C17H16BrClN2O2S. The smallest absolute Gasteiger partial charge is 0.250 e. The van der Waals surface area contributed by atoms with Gasteiger partial charge in [-0.3, -0.25) is 4.79 Å². The average Bonchev–Trinajstić information content (AvgIpc) is 2.57. The number of carbonyl (C=O) groups excluding carboxylic acids is 1. The molecule has 0 spiro atoms. The third-order valence-corrected chi connectivity index (χ3v) is 4.73. The number of benzene rings is 2. The largest absolute Gasteiger partial charge is 0.493 e. The van der Waals surface area contributed by atoms with Gasteiger partial charge in [-0.1, -0.05) is 11.6 Å². The number of carbonyl (C=O) groups is 1. The Bertz CT molecular complexity index is 723. The zero-order valence-corrected chi connectivity index (χ0v) is 16.1. The summed E-state index contributed by atoms with van der Waals surface area (Å²) >= 11 is 10.7. The van der Waals surface area contributed by atoms with Crippen LogP contribution < -0.4 is 10.2 Å². The first-order valence-electron chi connectivity index (χ1n) is 7.21. The third kappa shape index (κ3) is 6.19. The molecule has 4 nitrogen and oxygen atoms in total. The fraction of sp³-hybridized carbons (Fsp3) is 0.176. The van der Waals surface area contributed by atoms with Crippen LogP contribution in [0.25, 0.3) is 0 Å². The Morgan fingerprint density at radius 1 is 1.33 bits per heavy atom. The number of hydrazone groups is 1. The quantitative estimate of drug-likeness (QED) is 0.394. The van der Waals surface area contributed by atoms with Crippen LogP contribution in [0.4, 0.5) is 0 Å². The average molecular weight is 428 g/mol. The van der Waals surface area contributed by atoms with Gasteiger partial charge in [-0.05, 0) is 70.9 Å². The van der Waals surface area contributed by atoms with Crippen molar-refractivity contribution in [2.45, 2.75) is 11.8 Å². The minimum atomic E-state index is -0.170. The molecule has 2 rings (SSSR count). The SMILES string of the molecule is CCOc1ccc(/C=N\NC(=O)CSc2ccc(Cl)cc2)cc1Br. The topological polar surface area (TPSA) is 50.7 Å². The number of ether oxygens (including phenoxy) is 1. The van der Waals surface area contributed by atoms with Gasteiger partial charge in [-0.25, -0.2) is 5.43 Å². The predicted octanol–water partition coefficient (Wildman–Crippen LogP) is 4.74. The fourth-order valence-corrected chi connectivity index (χ4v) is 3.09. The molecule has 0 saturated carbocycles. The van der Waals surface area contributed by atoms with E-state index < -0.39 is 0 Å².